The van der Waals surface area contributed by atoms with Crippen LogP contribution in [0.25, 0.3) is 0 Å². The Morgan fingerprint density at radius 1 is 1.06 bits per heavy atom. The van der Waals surface area contributed by atoms with Crippen LogP contribution in [0, 0.1) is 23.7 Å². The van der Waals surface area contributed by atoms with Crippen molar-refractivity contribution < 1.29 is 0 Å². The molecule has 0 aliphatic heterocycles. The summed E-state index contributed by atoms with van der Waals surface area (Å²) in [6.45, 7) is 3.31. The fourth-order valence-electron chi connectivity index (χ4n) is 4.08. The third-order valence-corrected chi connectivity index (χ3v) is 5.23. The third kappa shape index (κ3) is 2.33. The van der Waals surface area contributed by atoms with Crippen molar-refractivity contribution in [1.29, 1.82) is 0 Å². The highest BCUT2D eigenvalue weighted by Gasteiger charge is 2.47. The predicted octanol–water partition coefficient (Wildman–Crippen LogP) is 3.80. The lowest BCUT2D eigenvalue weighted by molar-refractivity contribution is 0.170. The Kier molecular flexibility index (Phi) is 3.43. The van der Waals surface area contributed by atoms with Gasteiger partial charge in [0.1, 0.15) is 0 Å². The first-order valence-electron chi connectivity index (χ1n) is 7.54. The quantitative estimate of drug-likeness (QED) is 0.858. The minimum Gasteiger partial charge on any atom is -0.330 e. The first kappa shape index (κ1) is 12.2. The fourth-order valence-corrected chi connectivity index (χ4v) is 4.08. The van der Waals surface area contributed by atoms with E-state index in [4.69, 9.17) is 5.73 Å². The Bertz CT molecular complexity index is 386. The lowest BCUT2D eigenvalue weighted by Crippen LogP contribution is -2.31. The minimum absolute atomic E-state index is 0.792. The number of benzene rings is 1. The molecule has 0 saturated heterocycles. The van der Waals surface area contributed by atoms with Gasteiger partial charge < -0.3 is 5.73 Å². The molecule has 1 aromatic carbocycles. The molecule has 2 aliphatic rings. The van der Waals surface area contributed by atoms with Gasteiger partial charge in [-0.1, -0.05) is 43.7 Å². The maximum atomic E-state index is 5.99. The van der Waals surface area contributed by atoms with Gasteiger partial charge >= 0.3 is 0 Å². The molecule has 2 aliphatic carbocycles. The molecule has 1 nitrogen and oxygen atoms in total. The Morgan fingerprint density at radius 2 is 1.83 bits per heavy atom. The maximum Gasteiger partial charge on any atom is -0.00461 e. The van der Waals surface area contributed by atoms with E-state index in [0.29, 0.717) is 0 Å². The van der Waals surface area contributed by atoms with Crippen molar-refractivity contribution in [2.45, 2.75) is 38.5 Å². The Morgan fingerprint density at radius 3 is 2.56 bits per heavy atom. The zero-order valence-corrected chi connectivity index (χ0v) is 11.4. The van der Waals surface area contributed by atoms with E-state index in [1.54, 1.807) is 5.56 Å². The summed E-state index contributed by atoms with van der Waals surface area (Å²) in [7, 11) is 0. The molecule has 2 saturated carbocycles. The van der Waals surface area contributed by atoms with Crippen LogP contribution in [0.1, 0.15) is 44.1 Å². The fraction of sp³-hybridized carbons (Fsp3) is 0.647. The standard InChI is InChI=1S/C17H25N/c1-12-7-8-14(11-18)15(9-12)17-10-16(17)13-5-3-2-4-6-13/h2-6,12,14-17H,7-11,18H2,1H3. The van der Waals surface area contributed by atoms with Crippen molar-refractivity contribution in [3.8, 4) is 0 Å². The zero-order chi connectivity index (χ0) is 12.5. The van der Waals surface area contributed by atoms with Crippen molar-refractivity contribution in [1.82, 2.24) is 0 Å². The highest BCUT2D eigenvalue weighted by Crippen LogP contribution is 2.57. The molecule has 18 heavy (non-hydrogen) atoms. The molecule has 0 bridgehead atoms. The monoisotopic (exact) mass is 243 g/mol. The molecule has 5 atom stereocenters. The zero-order valence-electron chi connectivity index (χ0n) is 11.4. The smallest absolute Gasteiger partial charge is 0.00461 e. The average Bonchev–Trinajstić information content (AvgIpc) is 3.20. The highest BCUT2D eigenvalue weighted by atomic mass is 14.6. The van der Waals surface area contributed by atoms with E-state index in [9.17, 15) is 0 Å². The van der Waals surface area contributed by atoms with E-state index in [1.807, 2.05) is 0 Å². The van der Waals surface area contributed by atoms with Crippen LogP contribution < -0.4 is 5.73 Å². The Labute approximate surface area is 111 Å². The molecule has 1 aromatic rings. The van der Waals surface area contributed by atoms with Gasteiger partial charge in [-0.15, -0.1) is 0 Å². The van der Waals surface area contributed by atoms with Gasteiger partial charge in [-0.05, 0) is 61.0 Å². The van der Waals surface area contributed by atoms with Gasteiger partial charge in [-0.3, -0.25) is 0 Å². The number of hydrogen-bond acceptors (Lipinski definition) is 1. The van der Waals surface area contributed by atoms with Gasteiger partial charge in [0, 0.05) is 0 Å². The van der Waals surface area contributed by atoms with Gasteiger partial charge in [0.05, 0.1) is 0 Å². The van der Waals surface area contributed by atoms with Crippen LogP contribution in [0.15, 0.2) is 30.3 Å². The molecule has 2 fully saturated rings. The van der Waals surface area contributed by atoms with Crippen molar-refractivity contribution in [3.63, 3.8) is 0 Å². The van der Waals surface area contributed by atoms with E-state index in [1.165, 1.54) is 25.7 Å². The third-order valence-electron chi connectivity index (χ3n) is 5.23. The number of nitrogens with two attached hydrogens (primary N) is 1. The van der Waals surface area contributed by atoms with Gasteiger partial charge in [-0.25, -0.2) is 0 Å². The first-order valence-corrected chi connectivity index (χ1v) is 7.54. The molecule has 0 radical (unpaired) electrons. The van der Waals surface area contributed by atoms with Crippen LogP contribution in [0.4, 0.5) is 0 Å². The van der Waals surface area contributed by atoms with Gasteiger partial charge in [0.2, 0.25) is 0 Å². The van der Waals surface area contributed by atoms with E-state index < -0.39 is 0 Å². The van der Waals surface area contributed by atoms with Crippen molar-refractivity contribution in [2.75, 3.05) is 6.54 Å². The van der Waals surface area contributed by atoms with Crippen LogP contribution in [0.5, 0.6) is 0 Å². The maximum absolute atomic E-state index is 5.99. The molecule has 5 unspecified atom stereocenters. The molecule has 3 rings (SSSR count). The summed E-state index contributed by atoms with van der Waals surface area (Å²) in [6, 6.07) is 11.1. The summed E-state index contributed by atoms with van der Waals surface area (Å²) in [6.07, 6.45) is 5.56. The van der Waals surface area contributed by atoms with Crippen LogP contribution in [0.3, 0.4) is 0 Å². The first-order chi connectivity index (χ1) is 8.79. The SMILES string of the molecule is CC1CCC(CN)C(C2CC2c2ccccc2)C1. The summed E-state index contributed by atoms with van der Waals surface area (Å²) in [4.78, 5) is 0. The summed E-state index contributed by atoms with van der Waals surface area (Å²) in [5.41, 5.74) is 7.54. The van der Waals surface area contributed by atoms with Crippen molar-refractivity contribution in [2.24, 2.45) is 29.4 Å². The second-order valence-electron chi connectivity index (χ2n) is 6.49. The topological polar surface area (TPSA) is 26.0 Å². The normalized spacial score (nSPS) is 39.6. The van der Waals surface area contributed by atoms with Gasteiger partial charge in [0.25, 0.3) is 0 Å². The van der Waals surface area contributed by atoms with Crippen LogP contribution >= 0.6 is 0 Å². The second kappa shape index (κ2) is 5.05. The summed E-state index contributed by atoms with van der Waals surface area (Å²) in [5, 5.41) is 0. The highest BCUT2D eigenvalue weighted by molar-refractivity contribution is 5.26. The molecule has 0 heterocycles. The number of hydrogen-bond donors (Lipinski definition) is 1. The van der Waals surface area contributed by atoms with Gasteiger partial charge in [0.15, 0.2) is 0 Å². The lowest BCUT2D eigenvalue weighted by Gasteiger charge is -2.34. The minimum atomic E-state index is 0.792. The van der Waals surface area contributed by atoms with Crippen LogP contribution in [0.2, 0.25) is 0 Å². The van der Waals surface area contributed by atoms with Crippen molar-refractivity contribution >= 4 is 0 Å². The summed E-state index contributed by atoms with van der Waals surface area (Å²) in [5.74, 6) is 4.35. The molecule has 0 aromatic heterocycles. The Balaban J connectivity index is 1.69. The van der Waals surface area contributed by atoms with E-state index in [2.05, 4.69) is 37.3 Å². The van der Waals surface area contributed by atoms with Crippen molar-refractivity contribution in [3.05, 3.63) is 35.9 Å². The molecule has 0 amide bonds. The van der Waals surface area contributed by atoms with E-state index >= 15 is 0 Å². The average molecular weight is 243 g/mol. The molecule has 2 N–H and O–H groups in total. The van der Waals surface area contributed by atoms with E-state index in [-0.39, 0.29) is 0 Å². The second-order valence-corrected chi connectivity index (χ2v) is 6.49. The molecule has 1 heteroatoms. The molecular weight excluding hydrogens is 218 g/mol. The predicted molar refractivity (Wildman–Crippen MR) is 76.3 cm³/mol. The van der Waals surface area contributed by atoms with E-state index in [0.717, 1.165) is 36.1 Å². The Hall–Kier alpha value is -0.820. The summed E-state index contributed by atoms with van der Waals surface area (Å²) < 4.78 is 0. The number of rotatable bonds is 3. The molecular formula is C17H25N. The largest absolute Gasteiger partial charge is 0.330 e. The molecule has 0 spiro atoms. The van der Waals surface area contributed by atoms with Crippen LogP contribution in [-0.4, -0.2) is 6.54 Å². The summed E-state index contributed by atoms with van der Waals surface area (Å²) >= 11 is 0. The van der Waals surface area contributed by atoms with Gasteiger partial charge in [-0.2, -0.15) is 0 Å². The molecule has 98 valence electrons. The lowest BCUT2D eigenvalue weighted by atomic mass is 9.72. The van der Waals surface area contributed by atoms with Crippen LogP contribution in [-0.2, 0) is 0 Å².